The van der Waals surface area contributed by atoms with Crippen LogP contribution in [-0.2, 0) is 5.54 Å². The molecule has 0 spiro atoms. The molecular formula is C14H18ClN3O. The zero-order valence-electron chi connectivity index (χ0n) is 10.9. The fraction of sp³-hybridized carbons (Fsp3) is 0.429. The van der Waals surface area contributed by atoms with Crippen molar-refractivity contribution >= 4 is 12.4 Å². The van der Waals surface area contributed by atoms with E-state index in [2.05, 4.69) is 10.1 Å². The number of rotatable bonds is 2. The molecule has 0 unspecified atom stereocenters. The molecule has 0 atom stereocenters. The van der Waals surface area contributed by atoms with Gasteiger partial charge in [0.25, 0.3) is 5.89 Å². The summed E-state index contributed by atoms with van der Waals surface area (Å²) in [6.07, 6.45) is 4.18. The second-order valence-electron chi connectivity index (χ2n) is 5.10. The molecular weight excluding hydrogens is 262 g/mol. The number of aromatic nitrogens is 2. The molecule has 1 aliphatic rings. The average Bonchev–Trinajstić information content (AvgIpc) is 2.99. The topological polar surface area (TPSA) is 64.9 Å². The van der Waals surface area contributed by atoms with Crippen molar-refractivity contribution in [2.45, 2.75) is 38.1 Å². The summed E-state index contributed by atoms with van der Waals surface area (Å²) in [4.78, 5) is 4.49. The molecule has 1 heterocycles. The Bertz CT molecular complexity index is 561. The van der Waals surface area contributed by atoms with Crippen molar-refractivity contribution in [3.8, 4) is 11.5 Å². The Kier molecular flexibility index (Phi) is 3.92. The molecule has 1 saturated carbocycles. The minimum absolute atomic E-state index is 0. The van der Waals surface area contributed by atoms with Gasteiger partial charge < -0.3 is 10.3 Å². The number of nitrogens with two attached hydrogens (primary N) is 1. The highest BCUT2D eigenvalue weighted by Crippen LogP contribution is 2.35. The first-order valence-electron chi connectivity index (χ1n) is 6.38. The zero-order valence-corrected chi connectivity index (χ0v) is 11.7. The van der Waals surface area contributed by atoms with Gasteiger partial charge in [-0.15, -0.1) is 12.4 Å². The van der Waals surface area contributed by atoms with Gasteiger partial charge in [0.15, 0.2) is 5.82 Å². The van der Waals surface area contributed by atoms with Crippen LogP contribution >= 0.6 is 12.4 Å². The number of halogens is 1. The van der Waals surface area contributed by atoms with Gasteiger partial charge in [0, 0.05) is 5.56 Å². The van der Waals surface area contributed by atoms with E-state index in [1.807, 2.05) is 31.2 Å². The van der Waals surface area contributed by atoms with Crippen LogP contribution < -0.4 is 5.73 Å². The molecule has 0 bridgehead atoms. The summed E-state index contributed by atoms with van der Waals surface area (Å²) in [7, 11) is 0. The molecule has 1 aliphatic carbocycles. The first-order chi connectivity index (χ1) is 8.69. The first kappa shape index (κ1) is 14.0. The second-order valence-corrected chi connectivity index (χ2v) is 5.10. The van der Waals surface area contributed by atoms with Gasteiger partial charge in [-0.3, -0.25) is 0 Å². The number of aryl methyl sites for hydroxylation is 1. The fourth-order valence-corrected chi connectivity index (χ4v) is 2.58. The fourth-order valence-electron chi connectivity index (χ4n) is 2.58. The van der Waals surface area contributed by atoms with E-state index in [9.17, 15) is 0 Å². The molecule has 2 N–H and O–H groups in total. The standard InChI is InChI=1S/C14H17N3O.ClH/c1-10-6-2-3-7-11(10)12-16-13(17-18-12)14(15)8-4-5-9-14;/h2-3,6-7H,4-5,8-9,15H2,1H3;1H. The highest BCUT2D eigenvalue weighted by molar-refractivity contribution is 5.85. The summed E-state index contributed by atoms with van der Waals surface area (Å²) in [6, 6.07) is 7.99. The molecule has 1 fully saturated rings. The van der Waals surface area contributed by atoms with Crippen LogP contribution in [0.1, 0.15) is 37.1 Å². The summed E-state index contributed by atoms with van der Waals surface area (Å²) in [5.74, 6) is 1.22. The van der Waals surface area contributed by atoms with Gasteiger partial charge in [-0.05, 0) is 31.4 Å². The van der Waals surface area contributed by atoms with Crippen LogP contribution in [0, 0.1) is 6.92 Å². The van der Waals surface area contributed by atoms with Gasteiger partial charge in [-0.25, -0.2) is 0 Å². The predicted molar refractivity (Wildman–Crippen MR) is 76.1 cm³/mol. The van der Waals surface area contributed by atoms with Gasteiger partial charge >= 0.3 is 0 Å². The van der Waals surface area contributed by atoms with Crippen LogP contribution in [-0.4, -0.2) is 10.1 Å². The Labute approximate surface area is 118 Å². The van der Waals surface area contributed by atoms with Gasteiger partial charge in [0.2, 0.25) is 0 Å². The summed E-state index contributed by atoms with van der Waals surface area (Å²) in [6.45, 7) is 2.03. The third-order valence-corrected chi connectivity index (χ3v) is 3.74. The quantitative estimate of drug-likeness (QED) is 0.917. The van der Waals surface area contributed by atoms with E-state index in [-0.39, 0.29) is 17.9 Å². The molecule has 0 aliphatic heterocycles. The normalized spacial score (nSPS) is 17.2. The van der Waals surface area contributed by atoms with Gasteiger partial charge in [0.1, 0.15) is 0 Å². The molecule has 1 aromatic heterocycles. The Morgan fingerprint density at radius 2 is 1.89 bits per heavy atom. The molecule has 0 amide bonds. The Morgan fingerprint density at radius 1 is 1.21 bits per heavy atom. The minimum atomic E-state index is -0.384. The van der Waals surface area contributed by atoms with Crippen molar-refractivity contribution in [2.75, 3.05) is 0 Å². The van der Waals surface area contributed by atoms with Crippen LogP contribution in [0.4, 0.5) is 0 Å². The average molecular weight is 280 g/mol. The molecule has 0 radical (unpaired) electrons. The summed E-state index contributed by atoms with van der Waals surface area (Å²) < 4.78 is 5.37. The molecule has 5 heteroatoms. The van der Waals surface area contributed by atoms with Gasteiger partial charge in [-0.1, -0.05) is 36.2 Å². The van der Waals surface area contributed by atoms with Crippen LogP contribution in [0.25, 0.3) is 11.5 Å². The van der Waals surface area contributed by atoms with E-state index in [1.165, 1.54) is 0 Å². The lowest BCUT2D eigenvalue weighted by Gasteiger charge is -2.17. The minimum Gasteiger partial charge on any atom is -0.334 e. The SMILES string of the molecule is Cc1ccccc1-c1nc(C2(N)CCCC2)no1.Cl. The van der Waals surface area contributed by atoms with Crippen molar-refractivity contribution in [3.05, 3.63) is 35.7 Å². The molecule has 2 aromatic rings. The maximum absolute atomic E-state index is 6.32. The van der Waals surface area contributed by atoms with Crippen LogP contribution in [0.15, 0.2) is 28.8 Å². The second kappa shape index (κ2) is 5.31. The van der Waals surface area contributed by atoms with E-state index in [4.69, 9.17) is 10.3 Å². The van der Waals surface area contributed by atoms with Crippen molar-refractivity contribution in [1.29, 1.82) is 0 Å². The highest BCUT2D eigenvalue weighted by Gasteiger charge is 2.36. The van der Waals surface area contributed by atoms with Gasteiger partial charge in [0.05, 0.1) is 5.54 Å². The Balaban J connectivity index is 0.00000133. The monoisotopic (exact) mass is 279 g/mol. The third-order valence-electron chi connectivity index (χ3n) is 3.74. The third kappa shape index (κ3) is 2.51. The predicted octanol–water partition coefficient (Wildman–Crippen LogP) is 3.19. The Morgan fingerprint density at radius 3 is 2.58 bits per heavy atom. The number of hydrogen-bond acceptors (Lipinski definition) is 4. The van der Waals surface area contributed by atoms with E-state index in [0.29, 0.717) is 11.7 Å². The van der Waals surface area contributed by atoms with Crippen molar-refractivity contribution < 1.29 is 4.52 Å². The number of benzene rings is 1. The van der Waals surface area contributed by atoms with Crippen LogP contribution in [0.3, 0.4) is 0 Å². The molecule has 0 saturated heterocycles. The van der Waals surface area contributed by atoms with Crippen molar-refractivity contribution in [1.82, 2.24) is 10.1 Å². The maximum atomic E-state index is 6.32. The highest BCUT2D eigenvalue weighted by atomic mass is 35.5. The summed E-state index contributed by atoms with van der Waals surface area (Å²) in [5, 5.41) is 4.08. The van der Waals surface area contributed by atoms with Crippen LogP contribution in [0.5, 0.6) is 0 Å². The van der Waals surface area contributed by atoms with Gasteiger partial charge in [-0.2, -0.15) is 4.98 Å². The van der Waals surface area contributed by atoms with Crippen molar-refractivity contribution in [2.24, 2.45) is 5.73 Å². The molecule has 102 valence electrons. The maximum Gasteiger partial charge on any atom is 0.258 e. The van der Waals surface area contributed by atoms with E-state index < -0.39 is 0 Å². The largest absolute Gasteiger partial charge is 0.334 e. The van der Waals surface area contributed by atoms with E-state index in [0.717, 1.165) is 36.8 Å². The van der Waals surface area contributed by atoms with E-state index in [1.54, 1.807) is 0 Å². The van der Waals surface area contributed by atoms with Crippen molar-refractivity contribution in [3.63, 3.8) is 0 Å². The first-order valence-corrected chi connectivity index (χ1v) is 6.38. The lowest BCUT2D eigenvalue weighted by atomic mass is 9.98. The zero-order chi connectivity index (χ0) is 12.6. The summed E-state index contributed by atoms with van der Waals surface area (Å²) >= 11 is 0. The van der Waals surface area contributed by atoms with E-state index >= 15 is 0 Å². The smallest absolute Gasteiger partial charge is 0.258 e. The Hall–Kier alpha value is -1.39. The molecule has 19 heavy (non-hydrogen) atoms. The lowest BCUT2D eigenvalue weighted by Crippen LogP contribution is -2.34. The molecule has 3 rings (SSSR count). The van der Waals surface area contributed by atoms with Crippen LogP contribution in [0.2, 0.25) is 0 Å². The molecule has 1 aromatic carbocycles. The number of hydrogen-bond donors (Lipinski definition) is 1. The number of nitrogens with zero attached hydrogens (tertiary/aromatic N) is 2. The molecule has 4 nitrogen and oxygen atoms in total. The summed E-state index contributed by atoms with van der Waals surface area (Å²) in [5.41, 5.74) is 8.05. The lowest BCUT2D eigenvalue weighted by molar-refractivity contribution is 0.372.